The third-order valence-corrected chi connectivity index (χ3v) is 6.98. The van der Waals surface area contributed by atoms with Crippen LogP contribution in [-0.2, 0) is 29.9 Å². The summed E-state index contributed by atoms with van der Waals surface area (Å²) in [5.41, 5.74) is 1.99. The van der Waals surface area contributed by atoms with E-state index in [1.807, 2.05) is 91.0 Å². The summed E-state index contributed by atoms with van der Waals surface area (Å²) in [7, 11) is 0. The minimum absolute atomic E-state index is 0.0501. The number of aromatic nitrogens is 2. The van der Waals surface area contributed by atoms with Gasteiger partial charge in [-0.25, -0.2) is 0 Å². The fourth-order valence-electron chi connectivity index (χ4n) is 4.90. The Balaban J connectivity index is 1.31. The van der Waals surface area contributed by atoms with Gasteiger partial charge in [0.2, 0.25) is 5.91 Å². The Kier molecular flexibility index (Phi) is 6.88. The molecule has 37 heavy (non-hydrogen) atoms. The van der Waals surface area contributed by atoms with Gasteiger partial charge in [-0.2, -0.15) is 5.10 Å². The van der Waals surface area contributed by atoms with Gasteiger partial charge in [0.05, 0.1) is 31.2 Å². The predicted octanol–water partition coefficient (Wildman–Crippen LogP) is 3.52. The van der Waals surface area contributed by atoms with Crippen molar-refractivity contribution in [2.45, 2.75) is 38.1 Å². The zero-order valence-electron chi connectivity index (χ0n) is 20.7. The molecule has 1 unspecified atom stereocenters. The van der Waals surface area contributed by atoms with Gasteiger partial charge >= 0.3 is 0 Å². The molecule has 0 saturated heterocycles. The number of carbonyl (C=O) groups excluding carboxylic acids is 2. The molecule has 5 rings (SSSR count). The number of aliphatic hydroxyl groups is 1. The molecule has 2 N–H and O–H groups in total. The molecule has 0 spiro atoms. The smallest absolute Gasteiger partial charge is 0.272 e. The van der Waals surface area contributed by atoms with Crippen LogP contribution in [0.3, 0.4) is 0 Å². The normalized spacial score (nSPS) is 14.1. The Bertz CT molecular complexity index is 1330. The summed E-state index contributed by atoms with van der Waals surface area (Å²) in [6.07, 6.45) is 0.345. The Morgan fingerprint density at radius 3 is 2.08 bits per heavy atom. The Morgan fingerprint density at radius 2 is 1.49 bits per heavy atom. The van der Waals surface area contributed by atoms with E-state index < -0.39 is 11.6 Å². The van der Waals surface area contributed by atoms with Crippen LogP contribution in [0.25, 0.3) is 0 Å². The molecule has 1 aliphatic rings. The van der Waals surface area contributed by atoms with E-state index in [0.29, 0.717) is 37.2 Å². The minimum Gasteiger partial charge on any atom is -0.378 e. The van der Waals surface area contributed by atoms with E-state index in [1.165, 1.54) is 0 Å². The van der Waals surface area contributed by atoms with E-state index in [-0.39, 0.29) is 17.5 Å². The molecule has 0 fully saturated rings. The van der Waals surface area contributed by atoms with E-state index in [1.54, 1.807) is 22.6 Å². The molecule has 3 aromatic carbocycles. The van der Waals surface area contributed by atoms with E-state index in [9.17, 15) is 14.7 Å². The molecule has 2 heterocycles. The highest BCUT2D eigenvalue weighted by atomic mass is 16.3. The quantitative estimate of drug-likeness (QED) is 0.412. The number of amides is 2. The molecule has 0 saturated carbocycles. The van der Waals surface area contributed by atoms with Crippen LogP contribution in [0, 0.1) is 0 Å². The molecule has 0 bridgehead atoms. The van der Waals surface area contributed by atoms with Crippen molar-refractivity contribution >= 4 is 11.8 Å². The summed E-state index contributed by atoms with van der Waals surface area (Å²) in [6, 6.07) is 29.4. The molecular formula is C30H30N4O3. The highest BCUT2D eigenvalue weighted by molar-refractivity contribution is 5.92. The van der Waals surface area contributed by atoms with E-state index in [0.717, 1.165) is 11.3 Å². The molecule has 1 aliphatic heterocycles. The van der Waals surface area contributed by atoms with E-state index in [4.69, 9.17) is 0 Å². The van der Waals surface area contributed by atoms with Crippen LogP contribution in [0.4, 0.5) is 0 Å². The van der Waals surface area contributed by atoms with Crippen LogP contribution in [0.15, 0.2) is 97.1 Å². The molecule has 4 aromatic rings. The van der Waals surface area contributed by atoms with Crippen molar-refractivity contribution in [3.63, 3.8) is 0 Å². The summed E-state index contributed by atoms with van der Waals surface area (Å²) in [4.78, 5) is 27.9. The van der Waals surface area contributed by atoms with Gasteiger partial charge in [-0.3, -0.25) is 14.3 Å². The predicted molar refractivity (Wildman–Crippen MR) is 141 cm³/mol. The molecular weight excluding hydrogens is 464 g/mol. The average molecular weight is 495 g/mol. The van der Waals surface area contributed by atoms with Crippen LogP contribution in [-0.4, -0.2) is 44.2 Å². The average Bonchev–Trinajstić information content (AvgIpc) is 3.38. The summed E-state index contributed by atoms with van der Waals surface area (Å²) < 4.78 is 1.78. The second-order valence-electron chi connectivity index (χ2n) is 9.42. The maximum absolute atomic E-state index is 13.3. The van der Waals surface area contributed by atoms with Gasteiger partial charge in [-0.1, -0.05) is 91.0 Å². The fraction of sp³-hybridized carbons (Fsp3) is 0.233. The number of fused-ring (bicyclic) bond motifs is 1. The first-order chi connectivity index (χ1) is 17.9. The standard InChI is InChI=1S/C30H30N4O3/c1-22(30(37,24-13-7-3-8-14-24)25-15-9-4-10-16-25)31-29(36)27-20-26-21-33(17-18-34(26)32-27)28(35)19-23-11-5-2-6-12-23/h2-16,20,22,37H,17-19,21H2,1H3,(H,31,36). The van der Waals surface area contributed by atoms with Gasteiger partial charge in [0.1, 0.15) is 5.60 Å². The largest absolute Gasteiger partial charge is 0.378 e. The molecule has 7 heteroatoms. The molecule has 1 aromatic heterocycles. The molecule has 0 radical (unpaired) electrons. The van der Waals surface area contributed by atoms with Crippen LogP contribution >= 0.6 is 0 Å². The first-order valence-corrected chi connectivity index (χ1v) is 12.5. The van der Waals surface area contributed by atoms with Gasteiger partial charge in [-0.15, -0.1) is 0 Å². The van der Waals surface area contributed by atoms with Gasteiger partial charge in [-0.05, 0) is 29.7 Å². The summed E-state index contributed by atoms with van der Waals surface area (Å²) in [5, 5.41) is 19.4. The number of hydrogen-bond acceptors (Lipinski definition) is 4. The molecule has 1 atom stereocenters. The second kappa shape index (κ2) is 10.4. The van der Waals surface area contributed by atoms with E-state index in [2.05, 4.69) is 10.4 Å². The van der Waals surface area contributed by atoms with Crippen LogP contribution in [0.1, 0.15) is 39.8 Å². The van der Waals surface area contributed by atoms with Gasteiger partial charge in [0.15, 0.2) is 5.69 Å². The highest BCUT2D eigenvalue weighted by Crippen LogP contribution is 2.33. The van der Waals surface area contributed by atoms with Gasteiger partial charge < -0.3 is 15.3 Å². The van der Waals surface area contributed by atoms with Crippen molar-refractivity contribution < 1.29 is 14.7 Å². The minimum atomic E-state index is -1.43. The summed E-state index contributed by atoms with van der Waals surface area (Å²) >= 11 is 0. The first kappa shape index (κ1) is 24.5. The van der Waals surface area contributed by atoms with Crippen molar-refractivity contribution in [2.75, 3.05) is 6.54 Å². The lowest BCUT2D eigenvalue weighted by molar-refractivity contribution is -0.132. The van der Waals surface area contributed by atoms with Crippen molar-refractivity contribution in [3.8, 4) is 0 Å². The first-order valence-electron chi connectivity index (χ1n) is 12.5. The van der Waals surface area contributed by atoms with Crippen LogP contribution < -0.4 is 5.32 Å². The number of nitrogens with zero attached hydrogens (tertiary/aromatic N) is 3. The Morgan fingerprint density at radius 1 is 0.919 bits per heavy atom. The van der Waals surface area contributed by atoms with Crippen molar-refractivity contribution in [2.24, 2.45) is 0 Å². The molecule has 7 nitrogen and oxygen atoms in total. The second-order valence-corrected chi connectivity index (χ2v) is 9.42. The van der Waals surface area contributed by atoms with Crippen molar-refractivity contribution in [1.82, 2.24) is 20.0 Å². The van der Waals surface area contributed by atoms with Crippen LogP contribution in [0.5, 0.6) is 0 Å². The topological polar surface area (TPSA) is 87.5 Å². The zero-order chi connectivity index (χ0) is 25.8. The lowest BCUT2D eigenvalue weighted by Gasteiger charge is -2.35. The molecule has 0 aliphatic carbocycles. The lowest BCUT2D eigenvalue weighted by Crippen LogP contribution is -2.49. The number of benzene rings is 3. The number of hydrogen-bond donors (Lipinski definition) is 2. The van der Waals surface area contributed by atoms with Crippen LogP contribution in [0.2, 0.25) is 0 Å². The maximum atomic E-state index is 13.3. The fourth-order valence-corrected chi connectivity index (χ4v) is 4.90. The zero-order valence-corrected chi connectivity index (χ0v) is 20.7. The third kappa shape index (κ3) is 5.04. The number of rotatable bonds is 7. The summed E-state index contributed by atoms with van der Waals surface area (Å²) in [6.45, 7) is 3.26. The monoisotopic (exact) mass is 494 g/mol. The van der Waals surface area contributed by atoms with E-state index >= 15 is 0 Å². The maximum Gasteiger partial charge on any atom is 0.272 e. The Hall–Kier alpha value is -4.23. The van der Waals surface area contributed by atoms with Crippen molar-refractivity contribution in [3.05, 3.63) is 125 Å². The van der Waals surface area contributed by atoms with Gasteiger partial charge in [0, 0.05) is 6.54 Å². The molecule has 2 amide bonds. The molecule has 188 valence electrons. The van der Waals surface area contributed by atoms with Crippen molar-refractivity contribution in [1.29, 1.82) is 0 Å². The Labute approximate surface area is 216 Å². The third-order valence-electron chi connectivity index (χ3n) is 6.98. The van der Waals surface area contributed by atoms with Gasteiger partial charge in [0.25, 0.3) is 5.91 Å². The highest BCUT2D eigenvalue weighted by Gasteiger charge is 2.39. The number of nitrogens with one attached hydrogen (secondary N) is 1. The number of carbonyl (C=O) groups is 2. The summed E-state index contributed by atoms with van der Waals surface area (Å²) in [5.74, 6) is -0.323. The SMILES string of the molecule is CC(NC(=O)c1cc2n(n1)CCN(C(=O)Cc1ccccc1)C2)C(O)(c1ccccc1)c1ccccc1. The lowest BCUT2D eigenvalue weighted by atomic mass is 9.81.